The molecule has 0 fully saturated rings. The molecule has 0 N–H and O–H groups in total. The summed E-state index contributed by atoms with van der Waals surface area (Å²) in [6, 6.07) is 18.4. The Morgan fingerprint density at radius 3 is 2.30 bits per heavy atom. The summed E-state index contributed by atoms with van der Waals surface area (Å²) in [5.41, 5.74) is 1.19. The Balaban J connectivity index is 2.38. The van der Waals surface area contributed by atoms with E-state index in [4.69, 9.17) is 4.74 Å². The van der Waals surface area contributed by atoms with Crippen LogP contribution in [0.3, 0.4) is 0 Å². The molecule has 0 saturated carbocycles. The number of carbonyl (C=O) groups excluding carboxylic acids is 1. The number of nitrogens with zero attached hydrogens (tertiary/aromatic N) is 2. The Kier molecular flexibility index (Phi) is 5.76. The van der Waals surface area contributed by atoms with Crippen molar-refractivity contribution < 1.29 is 9.53 Å². The lowest BCUT2D eigenvalue weighted by Crippen LogP contribution is -2.37. The van der Waals surface area contributed by atoms with Crippen LogP contribution in [0.1, 0.15) is 31.1 Å². The lowest BCUT2D eigenvalue weighted by molar-refractivity contribution is -0.138. The third kappa shape index (κ3) is 3.89. The third-order valence-electron chi connectivity index (χ3n) is 3.65. The van der Waals surface area contributed by atoms with E-state index in [0.717, 1.165) is 5.56 Å². The fourth-order valence-electron chi connectivity index (χ4n) is 2.38. The van der Waals surface area contributed by atoms with Crippen molar-refractivity contribution >= 4 is 5.91 Å². The molecule has 2 aromatic carbocycles. The summed E-state index contributed by atoms with van der Waals surface area (Å²) >= 11 is 0. The molecule has 0 spiro atoms. The van der Waals surface area contributed by atoms with E-state index >= 15 is 0 Å². The lowest BCUT2D eigenvalue weighted by Gasteiger charge is -2.26. The molecular formula is C19H20N2O2. The van der Waals surface area contributed by atoms with Gasteiger partial charge in [0.25, 0.3) is 5.91 Å². The Bertz CT molecular complexity index is 688. The summed E-state index contributed by atoms with van der Waals surface area (Å²) in [5.74, 6) is 0.318. The summed E-state index contributed by atoms with van der Waals surface area (Å²) < 4.78 is 5.96. The second-order valence-corrected chi connectivity index (χ2v) is 5.03. The first-order valence-electron chi connectivity index (χ1n) is 7.70. The average Bonchev–Trinajstić information content (AvgIpc) is 2.61. The molecule has 2 aromatic rings. The maximum atomic E-state index is 12.8. The van der Waals surface area contributed by atoms with Gasteiger partial charge in [0.15, 0.2) is 0 Å². The molecule has 4 nitrogen and oxygen atoms in total. The van der Waals surface area contributed by atoms with Gasteiger partial charge in [-0.25, -0.2) is 0 Å². The highest BCUT2D eigenvalue weighted by atomic mass is 16.5. The summed E-state index contributed by atoms with van der Waals surface area (Å²) in [6.45, 7) is 5.10. The molecule has 0 aliphatic rings. The zero-order chi connectivity index (χ0) is 16.7. The maximum absolute atomic E-state index is 12.8. The number of nitriles is 1. The van der Waals surface area contributed by atoms with Crippen molar-refractivity contribution in [2.75, 3.05) is 13.1 Å². The van der Waals surface area contributed by atoms with E-state index in [1.807, 2.05) is 44.2 Å². The molecule has 0 unspecified atom stereocenters. The van der Waals surface area contributed by atoms with Gasteiger partial charge in [0.1, 0.15) is 11.8 Å². The Morgan fingerprint density at radius 1 is 1.09 bits per heavy atom. The van der Waals surface area contributed by atoms with Crippen molar-refractivity contribution in [3.05, 3.63) is 65.7 Å². The Labute approximate surface area is 136 Å². The van der Waals surface area contributed by atoms with Gasteiger partial charge in [-0.2, -0.15) is 5.26 Å². The van der Waals surface area contributed by atoms with Crippen LogP contribution in [-0.2, 0) is 4.79 Å². The van der Waals surface area contributed by atoms with Crippen LogP contribution in [0, 0.1) is 11.3 Å². The summed E-state index contributed by atoms with van der Waals surface area (Å²) in [4.78, 5) is 14.6. The fourth-order valence-corrected chi connectivity index (χ4v) is 2.38. The molecule has 4 heteroatoms. The SMILES string of the molecule is CCN(CC)C(=O)[C@@H](Oc1ccccc1C#N)c1ccccc1. The average molecular weight is 308 g/mol. The van der Waals surface area contributed by atoms with Crippen LogP contribution in [0.25, 0.3) is 0 Å². The molecule has 1 amide bonds. The normalized spacial score (nSPS) is 11.3. The first-order chi connectivity index (χ1) is 11.2. The van der Waals surface area contributed by atoms with Gasteiger partial charge in [-0.3, -0.25) is 4.79 Å². The summed E-state index contributed by atoms with van der Waals surface area (Å²) in [7, 11) is 0. The van der Waals surface area contributed by atoms with Crippen LogP contribution in [0.4, 0.5) is 0 Å². The van der Waals surface area contributed by atoms with Crippen molar-refractivity contribution in [1.29, 1.82) is 5.26 Å². The maximum Gasteiger partial charge on any atom is 0.268 e. The second kappa shape index (κ2) is 8.00. The van der Waals surface area contributed by atoms with Crippen molar-refractivity contribution in [3.63, 3.8) is 0 Å². The minimum Gasteiger partial charge on any atom is -0.474 e. The van der Waals surface area contributed by atoms with E-state index in [1.54, 1.807) is 29.2 Å². The van der Waals surface area contributed by atoms with Gasteiger partial charge >= 0.3 is 0 Å². The largest absolute Gasteiger partial charge is 0.474 e. The number of benzene rings is 2. The van der Waals surface area contributed by atoms with Crippen molar-refractivity contribution in [3.8, 4) is 11.8 Å². The van der Waals surface area contributed by atoms with E-state index < -0.39 is 6.10 Å². The van der Waals surface area contributed by atoms with Crippen molar-refractivity contribution in [2.24, 2.45) is 0 Å². The molecule has 0 bridgehead atoms. The Hall–Kier alpha value is -2.80. The summed E-state index contributed by atoms with van der Waals surface area (Å²) in [5, 5.41) is 9.22. The molecule has 0 aromatic heterocycles. The number of rotatable bonds is 6. The highest BCUT2D eigenvalue weighted by molar-refractivity contribution is 5.82. The number of likely N-dealkylation sites (N-methyl/N-ethyl adjacent to an activating group) is 1. The molecule has 23 heavy (non-hydrogen) atoms. The zero-order valence-corrected chi connectivity index (χ0v) is 13.4. The van der Waals surface area contributed by atoms with Gasteiger partial charge < -0.3 is 9.64 Å². The lowest BCUT2D eigenvalue weighted by atomic mass is 10.1. The number of hydrogen-bond acceptors (Lipinski definition) is 3. The van der Waals surface area contributed by atoms with Gasteiger partial charge in [-0.05, 0) is 26.0 Å². The predicted molar refractivity (Wildman–Crippen MR) is 88.9 cm³/mol. The molecule has 0 saturated heterocycles. The van der Waals surface area contributed by atoms with Gasteiger partial charge in [-0.15, -0.1) is 0 Å². The quantitative estimate of drug-likeness (QED) is 0.820. The number of para-hydroxylation sites is 1. The third-order valence-corrected chi connectivity index (χ3v) is 3.65. The van der Waals surface area contributed by atoms with Gasteiger partial charge in [0.2, 0.25) is 6.10 Å². The van der Waals surface area contributed by atoms with Crippen LogP contribution in [0.5, 0.6) is 5.75 Å². The van der Waals surface area contributed by atoms with Gasteiger partial charge in [0, 0.05) is 18.7 Å². The van der Waals surface area contributed by atoms with Crippen LogP contribution >= 0.6 is 0 Å². The van der Waals surface area contributed by atoms with E-state index in [0.29, 0.717) is 24.4 Å². The predicted octanol–water partition coefficient (Wildman–Crippen LogP) is 3.55. The molecule has 2 rings (SSSR count). The first kappa shape index (κ1) is 16.6. The van der Waals surface area contributed by atoms with E-state index in [2.05, 4.69) is 6.07 Å². The second-order valence-electron chi connectivity index (χ2n) is 5.03. The number of amides is 1. The van der Waals surface area contributed by atoms with Crippen LogP contribution in [-0.4, -0.2) is 23.9 Å². The van der Waals surface area contributed by atoms with Crippen LogP contribution in [0.2, 0.25) is 0 Å². The van der Waals surface area contributed by atoms with E-state index in [-0.39, 0.29) is 5.91 Å². The van der Waals surface area contributed by atoms with Gasteiger partial charge in [0.05, 0.1) is 5.56 Å². The van der Waals surface area contributed by atoms with E-state index in [9.17, 15) is 10.1 Å². The smallest absolute Gasteiger partial charge is 0.268 e. The van der Waals surface area contributed by atoms with Gasteiger partial charge in [-0.1, -0.05) is 42.5 Å². The number of carbonyl (C=O) groups is 1. The van der Waals surface area contributed by atoms with Crippen molar-refractivity contribution in [2.45, 2.75) is 20.0 Å². The molecule has 118 valence electrons. The fraction of sp³-hybridized carbons (Fsp3) is 0.263. The highest BCUT2D eigenvalue weighted by Crippen LogP contribution is 2.26. The number of hydrogen-bond donors (Lipinski definition) is 0. The van der Waals surface area contributed by atoms with Crippen LogP contribution < -0.4 is 4.74 Å². The van der Waals surface area contributed by atoms with E-state index in [1.165, 1.54) is 0 Å². The Morgan fingerprint density at radius 2 is 1.70 bits per heavy atom. The molecule has 1 atom stereocenters. The number of ether oxygens (including phenoxy) is 1. The van der Waals surface area contributed by atoms with Crippen LogP contribution in [0.15, 0.2) is 54.6 Å². The zero-order valence-electron chi connectivity index (χ0n) is 13.4. The first-order valence-corrected chi connectivity index (χ1v) is 7.70. The molecule has 0 radical (unpaired) electrons. The molecular weight excluding hydrogens is 288 g/mol. The minimum atomic E-state index is -0.759. The molecule has 0 aliphatic heterocycles. The van der Waals surface area contributed by atoms with Crippen molar-refractivity contribution in [1.82, 2.24) is 4.90 Å². The topological polar surface area (TPSA) is 53.3 Å². The minimum absolute atomic E-state index is 0.103. The highest BCUT2D eigenvalue weighted by Gasteiger charge is 2.27. The standard InChI is InChI=1S/C19H20N2O2/c1-3-21(4-2)19(22)18(15-10-6-5-7-11-15)23-17-13-9-8-12-16(17)14-20/h5-13,18H,3-4H2,1-2H3/t18-/m0/s1. The molecule has 0 aliphatic carbocycles. The summed E-state index contributed by atoms with van der Waals surface area (Å²) in [6.07, 6.45) is -0.759. The monoisotopic (exact) mass is 308 g/mol. The molecule has 0 heterocycles.